The highest BCUT2D eigenvalue weighted by atomic mass is 16.3. The molecule has 4 heteroatoms. The van der Waals surface area contributed by atoms with Gasteiger partial charge in [-0.2, -0.15) is 0 Å². The third-order valence-corrected chi connectivity index (χ3v) is 18.4. The number of nitrogens with zero attached hydrogens (tertiary/aromatic N) is 2. The molecule has 0 saturated carbocycles. The summed E-state index contributed by atoms with van der Waals surface area (Å²) in [5, 5.41) is 4.48. The molecule has 0 fully saturated rings. The predicted molar refractivity (Wildman–Crippen MR) is 316 cm³/mol. The van der Waals surface area contributed by atoms with Crippen molar-refractivity contribution in [2.24, 2.45) is 0 Å². The smallest absolute Gasteiger partial charge is 0.135 e. The van der Waals surface area contributed by atoms with E-state index in [4.69, 9.17) is 8.83 Å². The first-order chi connectivity index (χ1) is 36.8. The van der Waals surface area contributed by atoms with Crippen LogP contribution in [0.3, 0.4) is 0 Å². The van der Waals surface area contributed by atoms with Crippen molar-refractivity contribution in [3.8, 4) is 11.1 Å². The van der Waals surface area contributed by atoms with Crippen LogP contribution in [0.2, 0.25) is 0 Å². The Morgan fingerprint density at radius 2 is 0.921 bits per heavy atom. The van der Waals surface area contributed by atoms with E-state index in [0.29, 0.717) is 5.92 Å². The first-order valence-corrected chi connectivity index (χ1v) is 27.2. The molecule has 0 spiro atoms. The Labute approximate surface area is 445 Å². The van der Waals surface area contributed by atoms with Crippen LogP contribution in [0, 0.1) is 0 Å². The van der Waals surface area contributed by atoms with Crippen molar-refractivity contribution in [3.05, 3.63) is 251 Å². The normalized spacial score (nSPS) is 19.1. The summed E-state index contributed by atoms with van der Waals surface area (Å²) in [6, 6.07) is 70.2. The molecule has 0 bridgehead atoms. The van der Waals surface area contributed by atoms with Crippen LogP contribution in [-0.2, 0) is 21.7 Å². The predicted octanol–water partition coefficient (Wildman–Crippen LogP) is 20.0. The summed E-state index contributed by atoms with van der Waals surface area (Å²) in [5.74, 6) is 0.423. The van der Waals surface area contributed by atoms with Gasteiger partial charge in [-0.3, -0.25) is 0 Å². The van der Waals surface area contributed by atoms with Gasteiger partial charge in [-0.25, -0.2) is 0 Å². The summed E-state index contributed by atoms with van der Waals surface area (Å²) in [5.41, 5.74) is 23.6. The lowest BCUT2D eigenvalue weighted by Crippen LogP contribution is -2.24. The second kappa shape index (κ2) is 15.8. The van der Waals surface area contributed by atoms with E-state index >= 15 is 0 Å². The summed E-state index contributed by atoms with van der Waals surface area (Å²) in [4.78, 5) is 4.94. The van der Waals surface area contributed by atoms with Crippen LogP contribution in [0.15, 0.2) is 221 Å². The summed E-state index contributed by atoms with van der Waals surface area (Å²) in [7, 11) is 0. The lowest BCUT2D eigenvalue weighted by molar-refractivity contribution is 0.425. The average molecular weight is 985 g/mol. The zero-order valence-electron chi connectivity index (χ0n) is 44.3. The Bertz CT molecular complexity index is 4310. The summed E-state index contributed by atoms with van der Waals surface area (Å²) >= 11 is 0. The van der Waals surface area contributed by atoms with E-state index in [9.17, 15) is 0 Å². The molecule has 2 aromatic heterocycles. The number of allylic oxidation sites excluding steroid dienone is 4. The van der Waals surface area contributed by atoms with Gasteiger partial charge in [-0.15, -0.1) is 0 Å². The lowest BCUT2D eigenvalue weighted by Gasteiger charge is -2.32. The monoisotopic (exact) mass is 984 g/mol. The molecule has 4 aliphatic rings. The number of hydrogen-bond acceptors (Lipinski definition) is 4. The average Bonchev–Trinajstić information content (AvgIpc) is 4.28. The van der Waals surface area contributed by atoms with Crippen LogP contribution < -0.4 is 9.80 Å². The summed E-state index contributed by atoms with van der Waals surface area (Å²) < 4.78 is 12.8. The molecule has 2 heterocycles. The quantitative estimate of drug-likeness (QED) is 0.159. The summed E-state index contributed by atoms with van der Waals surface area (Å²) in [6.45, 7) is 16.9. The van der Waals surface area contributed by atoms with Crippen molar-refractivity contribution in [2.75, 3.05) is 9.80 Å². The second-order valence-electron chi connectivity index (χ2n) is 24.0. The van der Waals surface area contributed by atoms with Crippen LogP contribution in [0.1, 0.15) is 106 Å². The fourth-order valence-electron chi connectivity index (χ4n) is 14.7. The zero-order valence-corrected chi connectivity index (χ0v) is 44.3. The molecule has 4 nitrogen and oxygen atoms in total. The van der Waals surface area contributed by atoms with Crippen molar-refractivity contribution in [2.45, 2.75) is 88.9 Å². The highest BCUT2D eigenvalue weighted by molar-refractivity contribution is 6.08. The van der Waals surface area contributed by atoms with Gasteiger partial charge in [0.15, 0.2) is 0 Å². The highest BCUT2D eigenvalue weighted by Crippen LogP contribution is 2.58. The third kappa shape index (κ3) is 6.43. The molecular weight excluding hydrogens is 925 g/mol. The van der Waals surface area contributed by atoms with Crippen molar-refractivity contribution in [3.63, 3.8) is 0 Å². The topological polar surface area (TPSA) is 32.8 Å². The molecule has 0 aliphatic heterocycles. The Morgan fingerprint density at radius 3 is 1.61 bits per heavy atom. The standard InChI is InChI=1S/C72H60N2O2/c1-69(2)43-72(7,44-24-26-45(27-25-44)73(46-31-36-67-57(38-46)55-18-10-14-22-65(55)75-67)48-28-33-53-51-16-8-12-20-59(51)70(3,4)62(53)40-48)64-42-50(30-35-61(64)69)74(47-32-37-68-58(39-47)56-19-11-15-23-66(56)76-68)49-29-34-54-52-17-9-13-21-60(52)71(5,6)63(54)41-49/h8-16,18-42,52H,17,43H2,1-7H3. The Morgan fingerprint density at radius 1 is 0.408 bits per heavy atom. The maximum absolute atomic E-state index is 6.40. The molecular formula is C72H60N2O2. The number of para-hydroxylation sites is 2. The number of rotatable bonds is 7. The number of furan rings is 2. The van der Waals surface area contributed by atoms with Crippen molar-refractivity contribution >= 4 is 78.0 Å². The fourth-order valence-corrected chi connectivity index (χ4v) is 14.7. The maximum Gasteiger partial charge on any atom is 0.135 e. The van der Waals surface area contributed by atoms with Crippen LogP contribution in [-0.4, -0.2) is 0 Å². The van der Waals surface area contributed by atoms with Crippen LogP contribution >= 0.6 is 0 Å². The van der Waals surface area contributed by atoms with Crippen LogP contribution in [0.5, 0.6) is 0 Å². The van der Waals surface area contributed by atoms with Gasteiger partial charge in [0.05, 0.1) is 0 Å². The van der Waals surface area contributed by atoms with Gasteiger partial charge in [0.2, 0.25) is 0 Å². The molecule has 0 saturated heterocycles. The SMILES string of the molecule is CC1(C)CC(C)(c2ccc(N(c3ccc4c(c3)C(C)(C)c3ccccc3-4)c3ccc4oc5ccccc5c4c3)cc2)c2cc(N(c3ccc4c(c3)C(C)(C)C3=CC=CCC34)c3ccc4oc5ccccc5c4c3)ccc21. The zero-order chi connectivity index (χ0) is 51.5. The largest absolute Gasteiger partial charge is 0.456 e. The molecule has 2 atom stereocenters. The number of anilines is 6. The van der Waals surface area contributed by atoms with E-state index < -0.39 is 0 Å². The molecule has 4 aliphatic carbocycles. The highest BCUT2D eigenvalue weighted by Gasteiger charge is 2.47. The number of fused-ring (bicyclic) bond motifs is 13. The van der Waals surface area contributed by atoms with E-state index in [1.165, 1.54) is 55.6 Å². The van der Waals surface area contributed by atoms with Gasteiger partial charge < -0.3 is 18.6 Å². The lowest BCUT2D eigenvalue weighted by atomic mass is 9.75. The molecule has 9 aromatic carbocycles. The molecule has 11 aromatic rings. The van der Waals surface area contributed by atoms with E-state index in [-0.39, 0.29) is 21.7 Å². The molecule has 0 radical (unpaired) electrons. The van der Waals surface area contributed by atoms with E-state index in [1.807, 2.05) is 6.07 Å². The van der Waals surface area contributed by atoms with Gasteiger partial charge in [-0.05, 0) is 165 Å². The summed E-state index contributed by atoms with van der Waals surface area (Å²) in [6.07, 6.45) is 8.98. The van der Waals surface area contributed by atoms with E-state index in [0.717, 1.165) is 90.8 Å². The molecule has 2 unspecified atom stereocenters. The van der Waals surface area contributed by atoms with Crippen LogP contribution in [0.4, 0.5) is 34.1 Å². The molecule has 0 amide bonds. The molecule has 0 N–H and O–H groups in total. The maximum atomic E-state index is 6.40. The van der Waals surface area contributed by atoms with E-state index in [2.05, 4.69) is 258 Å². The van der Waals surface area contributed by atoms with E-state index in [1.54, 1.807) is 0 Å². The van der Waals surface area contributed by atoms with Crippen molar-refractivity contribution < 1.29 is 8.83 Å². The Kier molecular flexibility index (Phi) is 9.40. The second-order valence-corrected chi connectivity index (χ2v) is 24.0. The Balaban J connectivity index is 0.864. The first kappa shape index (κ1) is 45.1. The van der Waals surface area contributed by atoms with Gasteiger partial charge in [0.25, 0.3) is 0 Å². The minimum atomic E-state index is -0.276. The minimum Gasteiger partial charge on any atom is -0.456 e. The third-order valence-electron chi connectivity index (χ3n) is 18.4. The van der Waals surface area contributed by atoms with Gasteiger partial charge in [-0.1, -0.05) is 163 Å². The van der Waals surface area contributed by atoms with Crippen molar-refractivity contribution in [1.29, 1.82) is 0 Å². The van der Waals surface area contributed by atoms with Crippen LogP contribution in [0.25, 0.3) is 55.0 Å². The van der Waals surface area contributed by atoms with Gasteiger partial charge >= 0.3 is 0 Å². The Hall–Kier alpha value is -8.34. The van der Waals surface area contributed by atoms with Crippen molar-refractivity contribution in [1.82, 2.24) is 0 Å². The minimum absolute atomic E-state index is 0.0556. The van der Waals surface area contributed by atoms with Gasteiger partial charge in [0.1, 0.15) is 22.3 Å². The van der Waals surface area contributed by atoms with Gasteiger partial charge in [0, 0.05) is 77.8 Å². The molecule has 370 valence electrons. The molecule has 15 rings (SSSR count). The number of benzene rings is 9. The first-order valence-electron chi connectivity index (χ1n) is 27.2. The fraction of sp³-hybridized carbons (Fsp3) is 0.194. The number of hydrogen-bond donors (Lipinski definition) is 0. The molecule has 76 heavy (non-hydrogen) atoms.